The minimum absolute atomic E-state index is 0.262. The van der Waals surface area contributed by atoms with Gasteiger partial charge in [0.05, 0.1) is 0 Å². The molecule has 0 amide bonds. The van der Waals surface area contributed by atoms with Gasteiger partial charge < -0.3 is 20.5 Å². The molecule has 0 aliphatic carbocycles. The number of nitrogens with zero attached hydrogens (tertiary/aromatic N) is 2. The van der Waals surface area contributed by atoms with Crippen molar-refractivity contribution in [3.63, 3.8) is 0 Å². The van der Waals surface area contributed by atoms with Gasteiger partial charge in [-0.05, 0) is 12.2 Å². The number of thioether (sulfide) groups is 1. The molecule has 0 saturated carbocycles. The van der Waals surface area contributed by atoms with Crippen LogP contribution in [0.5, 0.6) is 0 Å². The summed E-state index contributed by atoms with van der Waals surface area (Å²) in [6, 6.07) is 1.87. The molecule has 0 unspecified atom stereocenters. The first kappa shape index (κ1) is 16.0. The normalized spacial score (nSPS) is 10.5. The first-order valence-corrected chi connectivity index (χ1v) is 7.42. The summed E-state index contributed by atoms with van der Waals surface area (Å²) in [6.07, 6.45) is 0.847. The molecule has 7 heteroatoms. The van der Waals surface area contributed by atoms with Gasteiger partial charge in [-0.25, -0.2) is 9.97 Å². The van der Waals surface area contributed by atoms with Crippen LogP contribution < -0.4 is 10.6 Å². The van der Waals surface area contributed by atoms with Crippen molar-refractivity contribution in [3.05, 3.63) is 11.9 Å². The van der Waals surface area contributed by atoms with Gasteiger partial charge in [0, 0.05) is 39.1 Å². The number of aliphatic hydroxyl groups is 1. The first-order valence-electron chi connectivity index (χ1n) is 6.27. The lowest BCUT2D eigenvalue weighted by Crippen LogP contribution is -2.10. The van der Waals surface area contributed by atoms with Crippen LogP contribution in [0, 0.1) is 0 Å². The van der Waals surface area contributed by atoms with Crippen LogP contribution in [0.2, 0.25) is 0 Å². The van der Waals surface area contributed by atoms with E-state index >= 15 is 0 Å². The van der Waals surface area contributed by atoms with E-state index in [9.17, 15) is 0 Å². The zero-order valence-corrected chi connectivity index (χ0v) is 12.3. The average Bonchev–Trinajstić information content (AvgIpc) is 2.43. The Balaban J connectivity index is 2.41. The molecule has 1 aromatic rings. The number of ether oxygens (including phenoxy) is 1. The van der Waals surface area contributed by atoms with Crippen molar-refractivity contribution in [2.75, 3.05) is 49.4 Å². The summed E-state index contributed by atoms with van der Waals surface area (Å²) in [5, 5.41) is 14.9. The quantitative estimate of drug-likeness (QED) is 0.558. The second-order valence-electron chi connectivity index (χ2n) is 3.85. The van der Waals surface area contributed by atoms with Gasteiger partial charge in [0.25, 0.3) is 0 Å². The van der Waals surface area contributed by atoms with Gasteiger partial charge in [0.1, 0.15) is 18.2 Å². The highest BCUT2D eigenvalue weighted by Gasteiger charge is 2.03. The molecule has 1 heterocycles. The van der Waals surface area contributed by atoms with E-state index in [0.717, 1.165) is 36.1 Å². The Kier molecular flexibility index (Phi) is 8.28. The van der Waals surface area contributed by atoms with Crippen LogP contribution in [-0.2, 0) is 11.3 Å². The molecule has 1 aromatic heterocycles. The van der Waals surface area contributed by atoms with E-state index in [-0.39, 0.29) is 6.61 Å². The van der Waals surface area contributed by atoms with E-state index in [1.54, 1.807) is 7.11 Å². The lowest BCUT2D eigenvalue weighted by atomic mass is 10.4. The average molecular weight is 286 g/mol. The molecule has 19 heavy (non-hydrogen) atoms. The van der Waals surface area contributed by atoms with Crippen molar-refractivity contribution >= 4 is 23.4 Å². The largest absolute Gasteiger partial charge is 0.396 e. The predicted molar refractivity (Wildman–Crippen MR) is 79.8 cm³/mol. The number of aromatic nitrogens is 2. The number of methoxy groups -OCH3 is 1. The van der Waals surface area contributed by atoms with Crippen LogP contribution in [0.15, 0.2) is 6.07 Å². The number of rotatable bonds is 10. The topological polar surface area (TPSA) is 79.3 Å². The molecule has 0 fully saturated rings. The lowest BCUT2D eigenvalue weighted by molar-refractivity contribution is 0.178. The SMILES string of the molecule is CNc1cc(NCCSCCCO)nc(COC)n1. The summed E-state index contributed by atoms with van der Waals surface area (Å²) in [7, 11) is 3.45. The minimum atomic E-state index is 0.262. The van der Waals surface area contributed by atoms with E-state index in [0.29, 0.717) is 12.4 Å². The summed E-state index contributed by atoms with van der Waals surface area (Å²) < 4.78 is 5.04. The Morgan fingerprint density at radius 2 is 2.11 bits per heavy atom. The summed E-state index contributed by atoms with van der Waals surface area (Å²) in [5.74, 6) is 4.20. The summed E-state index contributed by atoms with van der Waals surface area (Å²) >= 11 is 1.82. The third-order valence-electron chi connectivity index (χ3n) is 2.30. The van der Waals surface area contributed by atoms with Crippen LogP contribution in [0.25, 0.3) is 0 Å². The lowest BCUT2D eigenvalue weighted by Gasteiger charge is -2.09. The molecule has 0 aliphatic heterocycles. The second-order valence-corrected chi connectivity index (χ2v) is 5.08. The number of aliphatic hydroxyl groups excluding tert-OH is 1. The zero-order chi connectivity index (χ0) is 13.9. The molecular weight excluding hydrogens is 264 g/mol. The van der Waals surface area contributed by atoms with E-state index in [4.69, 9.17) is 9.84 Å². The molecular formula is C12H22N4O2S. The monoisotopic (exact) mass is 286 g/mol. The van der Waals surface area contributed by atoms with Crippen LogP contribution in [0.3, 0.4) is 0 Å². The molecule has 0 spiro atoms. The molecule has 3 N–H and O–H groups in total. The Morgan fingerprint density at radius 1 is 1.32 bits per heavy atom. The molecule has 0 atom stereocenters. The highest BCUT2D eigenvalue weighted by molar-refractivity contribution is 7.99. The summed E-state index contributed by atoms with van der Waals surface area (Å²) in [6.45, 7) is 1.50. The smallest absolute Gasteiger partial charge is 0.158 e. The Bertz CT molecular complexity index is 366. The van der Waals surface area contributed by atoms with Gasteiger partial charge in [-0.15, -0.1) is 0 Å². The third-order valence-corrected chi connectivity index (χ3v) is 3.37. The maximum absolute atomic E-state index is 8.67. The third kappa shape index (κ3) is 6.60. The van der Waals surface area contributed by atoms with Crippen LogP contribution in [0.4, 0.5) is 11.6 Å². The standard InChI is InChI=1S/C12H22N4O2S/c1-13-10-8-11(16-12(15-10)9-18-2)14-4-7-19-6-3-5-17/h8,17H,3-7,9H2,1-2H3,(H2,13,14,15,16). The van der Waals surface area contributed by atoms with Crippen LogP contribution in [0.1, 0.15) is 12.2 Å². The fraction of sp³-hybridized carbons (Fsp3) is 0.667. The van der Waals surface area contributed by atoms with Gasteiger partial charge in [-0.3, -0.25) is 0 Å². The molecule has 0 bridgehead atoms. The van der Waals surface area contributed by atoms with Crippen molar-refractivity contribution in [2.45, 2.75) is 13.0 Å². The van der Waals surface area contributed by atoms with E-state index in [1.165, 1.54) is 0 Å². The number of anilines is 2. The predicted octanol–water partition coefficient (Wildman–Crippen LogP) is 1.19. The number of hydrogen-bond acceptors (Lipinski definition) is 7. The fourth-order valence-electron chi connectivity index (χ4n) is 1.43. The van der Waals surface area contributed by atoms with Gasteiger partial charge in [-0.2, -0.15) is 11.8 Å². The van der Waals surface area contributed by atoms with Gasteiger partial charge in [0.15, 0.2) is 5.82 Å². The number of nitrogens with one attached hydrogen (secondary N) is 2. The van der Waals surface area contributed by atoms with Crippen LogP contribution >= 0.6 is 11.8 Å². The molecule has 0 aliphatic rings. The summed E-state index contributed by atoms with van der Waals surface area (Å²) in [5.41, 5.74) is 0. The summed E-state index contributed by atoms with van der Waals surface area (Å²) in [4.78, 5) is 8.66. The molecule has 0 radical (unpaired) electrons. The molecule has 6 nitrogen and oxygen atoms in total. The van der Waals surface area contributed by atoms with Crippen LogP contribution in [-0.4, -0.2) is 53.9 Å². The van der Waals surface area contributed by atoms with Gasteiger partial charge in [-0.1, -0.05) is 0 Å². The van der Waals surface area contributed by atoms with Gasteiger partial charge >= 0.3 is 0 Å². The Morgan fingerprint density at radius 3 is 2.79 bits per heavy atom. The van der Waals surface area contributed by atoms with Crippen molar-refractivity contribution in [2.24, 2.45) is 0 Å². The Labute approximate surface area is 118 Å². The van der Waals surface area contributed by atoms with E-state index in [1.807, 2.05) is 24.9 Å². The molecule has 0 aromatic carbocycles. The second kappa shape index (κ2) is 9.82. The molecule has 1 rings (SSSR count). The highest BCUT2D eigenvalue weighted by atomic mass is 32.2. The first-order chi connectivity index (χ1) is 9.30. The Hall–Kier alpha value is -1.05. The molecule has 0 saturated heterocycles. The minimum Gasteiger partial charge on any atom is -0.396 e. The highest BCUT2D eigenvalue weighted by Crippen LogP contribution is 2.11. The van der Waals surface area contributed by atoms with E-state index in [2.05, 4.69) is 20.6 Å². The molecule has 108 valence electrons. The maximum Gasteiger partial charge on any atom is 0.158 e. The van der Waals surface area contributed by atoms with Crippen molar-refractivity contribution in [1.82, 2.24) is 9.97 Å². The fourth-order valence-corrected chi connectivity index (χ4v) is 2.21. The van der Waals surface area contributed by atoms with Crippen molar-refractivity contribution < 1.29 is 9.84 Å². The van der Waals surface area contributed by atoms with Crippen molar-refractivity contribution in [1.29, 1.82) is 0 Å². The number of hydrogen-bond donors (Lipinski definition) is 3. The van der Waals surface area contributed by atoms with E-state index < -0.39 is 0 Å². The van der Waals surface area contributed by atoms with Crippen molar-refractivity contribution in [3.8, 4) is 0 Å². The zero-order valence-electron chi connectivity index (χ0n) is 11.5. The maximum atomic E-state index is 8.67. The van der Waals surface area contributed by atoms with Gasteiger partial charge in [0.2, 0.25) is 0 Å².